The van der Waals surface area contributed by atoms with Gasteiger partial charge in [0.25, 0.3) is 0 Å². The molecule has 0 saturated heterocycles. The zero-order chi connectivity index (χ0) is 13.8. The molecule has 0 aromatic heterocycles. The predicted molar refractivity (Wildman–Crippen MR) is 70.0 cm³/mol. The van der Waals surface area contributed by atoms with Gasteiger partial charge in [-0.3, -0.25) is 4.79 Å². The summed E-state index contributed by atoms with van der Waals surface area (Å²) in [6.45, 7) is 0.315. The minimum atomic E-state index is -0.0158. The van der Waals surface area contributed by atoms with E-state index in [9.17, 15) is 4.79 Å². The van der Waals surface area contributed by atoms with Crippen molar-refractivity contribution in [1.82, 2.24) is 5.32 Å². The van der Waals surface area contributed by atoms with Crippen molar-refractivity contribution >= 4 is 5.91 Å². The number of carbonyl (C=O) groups is 1. The van der Waals surface area contributed by atoms with Crippen LogP contribution in [0, 0.1) is 23.3 Å². The van der Waals surface area contributed by atoms with Gasteiger partial charge in [0.1, 0.15) is 0 Å². The standard InChI is InChI=1S/C13H22N4O2/c14-11-3-1-8-9(2-4-12(11)17-15)10(8)7-13(19)16-5-6-18/h8-10,15,18H,1-7,14H2,(H,16,19)/b12-11-,17-15?/t8?,9?,10-/m1/s1. The highest BCUT2D eigenvalue weighted by molar-refractivity contribution is 5.76. The van der Waals surface area contributed by atoms with Gasteiger partial charge in [-0.2, -0.15) is 5.11 Å². The number of rotatable bonds is 5. The SMILES string of the molecule is N=N/C1=C(\N)CCC2C(CC1)[C@@H]2CC(=O)NCCO. The maximum atomic E-state index is 11.6. The molecule has 6 heteroatoms. The Kier molecular flexibility index (Phi) is 4.52. The largest absolute Gasteiger partial charge is 0.401 e. The van der Waals surface area contributed by atoms with Gasteiger partial charge >= 0.3 is 0 Å². The van der Waals surface area contributed by atoms with Crippen LogP contribution in [-0.4, -0.2) is 24.2 Å². The topological polar surface area (TPSA) is 112 Å². The van der Waals surface area contributed by atoms with Crippen molar-refractivity contribution in [2.45, 2.75) is 32.1 Å². The van der Waals surface area contributed by atoms with Gasteiger partial charge < -0.3 is 16.2 Å². The molecule has 5 N–H and O–H groups in total. The molecule has 6 nitrogen and oxygen atoms in total. The van der Waals surface area contributed by atoms with E-state index in [2.05, 4.69) is 10.4 Å². The van der Waals surface area contributed by atoms with Crippen LogP contribution in [0.2, 0.25) is 0 Å². The highest BCUT2D eigenvalue weighted by atomic mass is 16.3. The molecule has 0 aromatic rings. The fraction of sp³-hybridized carbons (Fsp3) is 0.769. The predicted octanol–water partition coefficient (Wildman–Crippen LogP) is 1.12. The molecule has 19 heavy (non-hydrogen) atoms. The molecule has 0 aromatic carbocycles. The summed E-state index contributed by atoms with van der Waals surface area (Å²) in [7, 11) is 0. The Morgan fingerprint density at radius 1 is 1.42 bits per heavy atom. The van der Waals surface area contributed by atoms with E-state index < -0.39 is 0 Å². The third-order valence-electron chi connectivity index (χ3n) is 4.33. The van der Waals surface area contributed by atoms with E-state index in [1.54, 1.807) is 0 Å². The molecular weight excluding hydrogens is 244 g/mol. The molecule has 106 valence electrons. The van der Waals surface area contributed by atoms with E-state index in [0.29, 0.717) is 36.4 Å². The van der Waals surface area contributed by atoms with Crippen LogP contribution in [0.15, 0.2) is 16.5 Å². The lowest BCUT2D eigenvalue weighted by Crippen LogP contribution is -2.26. The van der Waals surface area contributed by atoms with Gasteiger partial charge in [0.15, 0.2) is 0 Å². The second-order valence-corrected chi connectivity index (χ2v) is 5.43. The quantitative estimate of drug-likeness (QED) is 0.559. The van der Waals surface area contributed by atoms with Crippen LogP contribution in [0.5, 0.6) is 0 Å². The van der Waals surface area contributed by atoms with E-state index >= 15 is 0 Å². The Bertz CT molecular complexity index is 394. The lowest BCUT2D eigenvalue weighted by Gasteiger charge is -2.09. The number of nitrogens with zero attached hydrogens (tertiary/aromatic N) is 1. The van der Waals surface area contributed by atoms with E-state index in [4.69, 9.17) is 16.4 Å². The number of amides is 1. The van der Waals surface area contributed by atoms with Crippen molar-refractivity contribution in [2.75, 3.05) is 13.2 Å². The van der Waals surface area contributed by atoms with Crippen LogP contribution in [0.3, 0.4) is 0 Å². The summed E-state index contributed by atoms with van der Waals surface area (Å²) in [6, 6.07) is 0. The Hall–Kier alpha value is -1.43. The Morgan fingerprint density at radius 3 is 2.74 bits per heavy atom. The molecule has 2 rings (SSSR count). The monoisotopic (exact) mass is 266 g/mol. The number of aliphatic hydroxyl groups excluding tert-OH is 1. The van der Waals surface area contributed by atoms with E-state index in [-0.39, 0.29) is 12.5 Å². The molecule has 0 aliphatic heterocycles. The summed E-state index contributed by atoms with van der Waals surface area (Å²) < 4.78 is 0. The molecule has 0 heterocycles. The van der Waals surface area contributed by atoms with Crippen molar-refractivity contribution in [3.05, 3.63) is 11.4 Å². The molecule has 1 saturated carbocycles. The summed E-state index contributed by atoms with van der Waals surface area (Å²) in [5.41, 5.74) is 14.5. The van der Waals surface area contributed by atoms with Crippen LogP contribution in [0.4, 0.5) is 0 Å². The normalized spacial score (nSPS) is 33.8. The first kappa shape index (κ1) is 14.0. The molecule has 0 spiro atoms. The van der Waals surface area contributed by atoms with Crippen molar-refractivity contribution in [3.8, 4) is 0 Å². The Morgan fingerprint density at radius 2 is 2.11 bits per heavy atom. The molecular formula is C13H22N4O2. The second-order valence-electron chi connectivity index (χ2n) is 5.43. The number of nitrogens with one attached hydrogen (secondary N) is 2. The minimum Gasteiger partial charge on any atom is -0.401 e. The molecule has 2 unspecified atom stereocenters. The molecule has 0 radical (unpaired) electrons. The summed E-state index contributed by atoms with van der Waals surface area (Å²) in [5, 5.41) is 14.9. The third-order valence-corrected chi connectivity index (χ3v) is 4.33. The van der Waals surface area contributed by atoms with Crippen LogP contribution >= 0.6 is 0 Å². The fourth-order valence-corrected chi connectivity index (χ4v) is 3.22. The number of hydrogen-bond acceptors (Lipinski definition) is 5. The van der Waals surface area contributed by atoms with E-state index in [1.807, 2.05) is 0 Å². The maximum absolute atomic E-state index is 11.6. The van der Waals surface area contributed by atoms with Gasteiger partial charge in [0.2, 0.25) is 5.91 Å². The highest BCUT2D eigenvalue weighted by Crippen LogP contribution is 2.55. The summed E-state index contributed by atoms with van der Waals surface area (Å²) in [6.07, 6.45) is 4.05. The van der Waals surface area contributed by atoms with E-state index in [0.717, 1.165) is 31.4 Å². The maximum Gasteiger partial charge on any atom is 0.220 e. The second kappa shape index (κ2) is 6.14. The Balaban J connectivity index is 1.84. The van der Waals surface area contributed by atoms with Crippen molar-refractivity contribution in [2.24, 2.45) is 28.6 Å². The first-order chi connectivity index (χ1) is 9.17. The number of hydrogen-bond donors (Lipinski definition) is 4. The van der Waals surface area contributed by atoms with Crippen LogP contribution < -0.4 is 11.1 Å². The van der Waals surface area contributed by atoms with Gasteiger partial charge in [-0.15, -0.1) is 0 Å². The minimum absolute atomic E-state index is 0.0158. The average Bonchev–Trinajstić information content (AvgIpc) is 3.03. The lowest BCUT2D eigenvalue weighted by atomic mass is 10.0. The van der Waals surface area contributed by atoms with Crippen molar-refractivity contribution in [1.29, 1.82) is 5.53 Å². The van der Waals surface area contributed by atoms with Gasteiger partial charge in [0, 0.05) is 18.7 Å². The zero-order valence-electron chi connectivity index (χ0n) is 11.1. The summed E-state index contributed by atoms with van der Waals surface area (Å²) in [5.74, 6) is 1.63. The number of allylic oxidation sites excluding steroid dienone is 2. The number of aliphatic hydroxyl groups is 1. The highest BCUT2D eigenvalue weighted by Gasteiger charge is 2.49. The average molecular weight is 266 g/mol. The molecule has 3 atom stereocenters. The lowest BCUT2D eigenvalue weighted by molar-refractivity contribution is -0.121. The van der Waals surface area contributed by atoms with Gasteiger partial charge in [-0.05, 0) is 43.4 Å². The van der Waals surface area contributed by atoms with Crippen molar-refractivity contribution in [3.63, 3.8) is 0 Å². The zero-order valence-corrected chi connectivity index (χ0v) is 11.1. The molecule has 2 aliphatic rings. The number of carbonyl (C=O) groups excluding carboxylic acids is 1. The molecule has 1 fully saturated rings. The molecule has 1 amide bonds. The van der Waals surface area contributed by atoms with Crippen LogP contribution in [-0.2, 0) is 4.79 Å². The first-order valence-corrected chi connectivity index (χ1v) is 6.90. The van der Waals surface area contributed by atoms with Gasteiger partial charge in [0.05, 0.1) is 12.3 Å². The Labute approximate surface area is 112 Å². The summed E-state index contributed by atoms with van der Waals surface area (Å²) in [4.78, 5) is 11.6. The van der Waals surface area contributed by atoms with Crippen LogP contribution in [0.25, 0.3) is 0 Å². The molecule has 0 bridgehead atoms. The first-order valence-electron chi connectivity index (χ1n) is 6.90. The number of fused-ring (bicyclic) bond motifs is 1. The fourth-order valence-electron chi connectivity index (χ4n) is 3.22. The van der Waals surface area contributed by atoms with Gasteiger partial charge in [-0.25, -0.2) is 5.53 Å². The van der Waals surface area contributed by atoms with E-state index in [1.165, 1.54) is 0 Å². The smallest absolute Gasteiger partial charge is 0.220 e. The summed E-state index contributed by atoms with van der Waals surface area (Å²) >= 11 is 0. The van der Waals surface area contributed by atoms with Gasteiger partial charge in [-0.1, -0.05) is 0 Å². The third kappa shape index (κ3) is 3.32. The van der Waals surface area contributed by atoms with Crippen LogP contribution in [0.1, 0.15) is 32.1 Å². The number of nitrogens with two attached hydrogens (primary N) is 1. The molecule has 2 aliphatic carbocycles. The van der Waals surface area contributed by atoms with Crippen molar-refractivity contribution < 1.29 is 9.90 Å².